The van der Waals surface area contributed by atoms with Crippen molar-refractivity contribution in [3.8, 4) is 79.2 Å². The van der Waals surface area contributed by atoms with Gasteiger partial charge in [0.25, 0.3) is 0 Å². The molecule has 1 aliphatic heterocycles. The highest BCUT2D eigenvalue weighted by atomic mass is 16.6. The summed E-state index contributed by atoms with van der Waals surface area (Å²) in [6.07, 6.45) is 0. The van der Waals surface area contributed by atoms with E-state index in [1.54, 1.807) is 0 Å². The summed E-state index contributed by atoms with van der Waals surface area (Å²) in [4.78, 5) is 10.6. The third kappa shape index (κ3) is 5.95. The van der Waals surface area contributed by atoms with Gasteiger partial charge in [0.2, 0.25) is 0 Å². The van der Waals surface area contributed by atoms with Crippen LogP contribution in [0.3, 0.4) is 0 Å². The summed E-state index contributed by atoms with van der Waals surface area (Å²) in [7, 11) is 0. The number of nitrogens with zero attached hydrogens (tertiary/aromatic N) is 2. The molecule has 1 aromatic heterocycles. The minimum Gasteiger partial charge on any atom is -0.449 e. The average molecular weight is 881 g/mol. The Morgan fingerprint density at radius 3 is 1.52 bits per heavy atom. The molecule has 0 amide bonds. The molecule has 0 fully saturated rings. The Balaban J connectivity index is 0.917. The van der Waals surface area contributed by atoms with Gasteiger partial charge in [-0.2, -0.15) is 0 Å². The molecule has 2 heterocycles. The van der Waals surface area contributed by atoms with E-state index in [1.165, 1.54) is 49.0 Å². The topological polar surface area (TPSA) is 44.2 Å². The van der Waals surface area contributed by atoms with E-state index in [-0.39, 0.29) is 0 Å². The number of hydrogen-bond acceptors (Lipinski definition) is 4. The van der Waals surface area contributed by atoms with E-state index in [1.807, 2.05) is 24.3 Å². The molecule has 0 bridgehead atoms. The Kier molecular flexibility index (Phi) is 8.77. The van der Waals surface area contributed by atoms with Crippen LogP contribution in [0.2, 0.25) is 0 Å². The molecule has 1 aliphatic carbocycles. The van der Waals surface area contributed by atoms with Gasteiger partial charge in [0.1, 0.15) is 0 Å². The van der Waals surface area contributed by atoms with E-state index in [4.69, 9.17) is 19.4 Å². The Labute approximate surface area is 399 Å². The standard InChI is InChI=1S/C65H40N2O2/c1-4-19-41(20-5-1)64-66-57(42-35-36-50-47-27-11-10-25-45(47)46-26-12-13-28-48(46)54(50)39-42)40-58(67-64)51-30-15-14-29-49(51)52-32-18-34-59-62(52)68-60-38-37-56-61(63(60)69-59)53-31-16-17-33-55(53)65(56,43-21-6-2-7-22-43)44-23-8-3-9-24-44/h1-40H. The van der Waals surface area contributed by atoms with Crippen LogP contribution in [0.1, 0.15) is 22.3 Å². The van der Waals surface area contributed by atoms with Crippen molar-refractivity contribution in [1.29, 1.82) is 0 Å². The summed E-state index contributed by atoms with van der Waals surface area (Å²) in [5.41, 5.74) is 12.8. The first-order chi connectivity index (χ1) is 34.2. The van der Waals surface area contributed by atoms with E-state index in [0.29, 0.717) is 23.1 Å². The molecule has 0 saturated carbocycles. The molecular formula is C65H40N2O2. The van der Waals surface area contributed by atoms with E-state index in [9.17, 15) is 0 Å². The fourth-order valence-electron chi connectivity index (χ4n) is 11.3. The predicted molar refractivity (Wildman–Crippen MR) is 280 cm³/mol. The lowest BCUT2D eigenvalue weighted by atomic mass is 9.68. The smallest absolute Gasteiger partial charge is 0.178 e. The first-order valence-corrected chi connectivity index (χ1v) is 23.5. The molecule has 14 rings (SSSR count). The molecule has 4 nitrogen and oxygen atoms in total. The van der Waals surface area contributed by atoms with Gasteiger partial charge in [0, 0.05) is 27.8 Å². The average Bonchev–Trinajstić information content (AvgIpc) is 3.74. The van der Waals surface area contributed by atoms with Gasteiger partial charge < -0.3 is 9.47 Å². The number of para-hydroxylation sites is 1. The molecule has 0 unspecified atom stereocenters. The van der Waals surface area contributed by atoms with E-state index in [0.717, 1.165) is 61.6 Å². The highest BCUT2D eigenvalue weighted by molar-refractivity contribution is 6.25. The molecular weight excluding hydrogens is 841 g/mol. The fraction of sp³-hybridized carbons (Fsp3) is 0.0154. The van der Waals surface area contributed by atoms with Crippen LogP contribution >= 0.6 is 0 Å². The second-order valence-electron chi connectivity index (χ2n) is 17.9. The summed E-state index contributed by atoms with van der Waals surface area (Å²) in [6, 6.07) is 85.8. The zero-order valence-electron chi connectivity index (χ0n) is 37.3. The molecule has 12 aromatic rings. The largest absolute Gasteiger partial charge is 0.449 e. The number of ether oxygens (including phenoxy) is 2. The van der Waals surface area contributed by atoms with Gasteiger partial charge in [0.05, 0.1) is 16.8 Å². The lowest BCUT2D eigenvalue weighted by Crippen LogP contribution is -2.28. The second-order valence-corrected chi connectivity index (χ2v) is 17.9. The maximum absolute atomic E-state index is 7.15. The van der Waals surface area contributed by atoms with Crippen LogP contribution in [-0.2, 0) is 5.41 Å². The third-order valence-electron chi connectivity index (χ3n) is 14.2. The van der Waals surface area contributed by atoms with Crippen LogP contribution in [0.4, 0.5) is 0 Å². The molecule has 0 radical (unpaired) electrons. The van der Waals surface area contributed by atoms with Crippen LogP contribution in [0.25, 0.3) is 88.5 Å². The minimum absolute atomic E-state index is 0.558. The summed E-state index contributed by atoms with van der Waals surface area (Å²) in [5, 5.41) is 7.35. The first-order valence-electron chi connectivity index (χ1n) is 23.5. The van der Waals surface area contributed by atoms with E-state index >= 15 is 0 Å². The maximum atomic E-state index is 7.15. The fourth-order valence-corrected chi connectivity index (χ4v) is 11.3. The lowest BCUT2D eigenvalue weighted by Gasteiger charge is -2.34. The Morgan fingerprint density at radius 2 is 0.826 bits per heavy atom. The van der Waals surface area contributed by atoms with Gasteiger partial charge in [-0.3, -0.25) is 0 Å². The molecule has 0 atom stereocenters. The minimum atomic E-state index is -0.558. The maximum Gasteiger partial charge on any atom is 0.178 e. The Morgan fingerprint density at radius 1 is 0.304 bits per heavy atom. The van der Waals surface area contributed by atoms with Gasteiger partial charge in [-0.15, -0.1) is 0 Å². The van der Waals surface area contributed by atoms with Gasteiger partial charge in [-0.05, 0) is 90.0 Å². The quantitative estimate of drug-likeness (QED) is 0.156. The Hall–Kier alpha value is -9.12. The normalized spacial score (nSPS) is 13.0. The summed E-state index contributed by atoms with van der Waals surface area (Å²) in [6.45, 7) is 0. The molecule has 2 aliphatic rings. The molecule has 69 heavy (non-hydrogen) atoms. The second kappa shape index (κ2) is 15.5. The monoisotopic (exact) mass is 880 g/mol. The number of rotatable bonds is 6. The van der Waals surface area contributed by atoms with Crippen molar-refractivity contribution in [2.75, 3.05) is 0 Å². The number of fused-ring (bicyclic) bond motifs is 12. The van der Waals surface area contributed by atoms with Crippen molar-refractivity contribution >= 4 is 32.3 Å². The summed E-state index contributed by atoms with van der Waals surface area (Å²) < 4.78 is 14.3. The molecule has 0 N–H and O–H groups in total. The lowest BCUT2D eigenvalue weighted by molar-refractivity contribution is 0.361. The van der Waals surface area contributed by atoms with Gasteiger partial charge in [0.15, 0.2) is 28.8 Å². The SMILES string of the molecule is c1ccc(-c2nc(-c3ccc4c5ccccc5c5ccccc5c4c3)cc(-c3ccccc3-c3cccc4c3Oc3ccc5c(c3O4)-c3ccccc3C5(c3ccccc3)c3ccccc3)n2)cc1. The Bertz CT molecular complexity index is 3940. The van der Waals surface area contributed by atoms with Crippen molar-refractivity contribution in [2.45, 2.75) is 5.41 Å². The number of hydrogen-bond donors (Lipinski definition) is 0. The van der Waals surface area contributed by atoms with Crippen molar-refractivity contribution in [3.63, 3.8) is 0 Å². The highest BCUT2D eigenvalue weighted by Gasteiger charge is 2.48. The molecule has 4 heteroatoms. The van der Waals surface area contributed by atoms with Gasteiger partial charge in [-0.25, -0.2) is 9.97 Å². The number of benzene rings is 11. The van der Waals surface area contributed by atoms with Crippen LogP contribution in [-0.4, -0.2) is 9.97 Å². The van der Waals surface area contributed by atoms with Gasteiger partial charge >= 0.3 is 0 Å². The highest BCUT2D eigenvalue weighted by Crippen LogP contribution is 2.63. The summed E-state index contributed by atoms with van der Waals surface area (Å²) >= 11 is 0. The predicted octanol–water partition coefficient (Wildman–Crippen LogP) is 16.9. The van der Waals surface area contributed by atoms with Crippen LogP contribution in [0.5, 0.6) is 23.0 Å². The zero-order valence-corrected chi connectivity index (χ0v) is 37.3. The molecule has 0 spiro atoms. The molecule has 0 saturated heterocycles. The van der Waals surface area contributed by atoms with Gasteiger partial charge in [-0.1, -0.05) is 218 Å². The van der Waals surface area contributed by atoms with Crippen molar-refractivity contribution < 1.29 is 9.47 Å². The van der Waals surface area contributed by atoms with Crippen molar-refractivity contribution in [2.24, 2.45) is 0 Å². The zero-order chi connectivity index (χ0) is 45.5. The summed E-state index contributed by atoms with van der Waals surface area (Å²) in [5.74, 6) is 3.36. The van der Waals surface area contributed by atoms with Crippen LogP contribution in [0.15, 0.2) is 243 Å². The van der Waals surface area contributed by atoms with E-state index < -0.39 is 5.41 Å². The van der Waals surface area contributed by atoms with Crippen LogP contribution < -0.4 is 9.47 Å². The molecule has 322 valence electrons. The molecule has 11 aromatic carbocycles. The first kappa shape index (κ1) is 39.1. The third-order valence-corrected chi connectivity index (χ3v) is 14.2. The van der Waals surface area contributed by atoms with Crippen molar-refractivity contribution in [1.82, 2.24) is 9.97 Å². The van der Waals surface area contributed by atoms with E-state index in [2.05, 4.69) is 218 Å². The van der Waals surface area contributed by atoms with Crippen molar-refractivity contribution in [3.05, 3.63) is 265 Å². The number of aromatic nitrogens is 2. The van der Waals surface area contributed by atoms with Crippen LogP contribution in [0, 0.1) is 0 Å².